The van der Waals surface area contributed by atoms with Gasteiger partial charge in [0.1, 0.15) is 0 Å². The first-order valence-corrected chi connectivity index (χ1v) is 11.2. The van der Waals surface area contributed by atoms with Crippen LogP contribution in [0.1, 0.15) is 11.1 Å². The van der Waals surface area contributed by atoms with E-state index >= 15 is 0 Å². The molecule has 2 aliphatic rings. The van der Waals surface area contributed by atoms with Gasteiger partial charge in [-0.3, -0.25) is 14.8 Å². The highest BCUT2D eigenvalue weighted by Gasteiger charge is 2.46. The van der Waals surface area contributed by atoms with Gasteiger partial charge in [0.2, 0.25) is 0 Å². The van der Waals surface area contributed by atoms with Crippen LogP contribution in [0.2, 0.25) is 0 Å². The van der Waals surface area contributed by atoms with Crippen LogP contribution in [0.4, 0.5) is 0 Å². The predicted molar refractivity (Wildman–Crippen MR) is 108 cm³/mol. The Morgan fingerprint density at radius 1 is 0.963 bits per heavy atom. The van der Waals surface area contributed by atoms with Crippen LogP contribution in [0.15, 0.2) is 60.9 Å². The molecular formula is C21H25N3O2S. The molecule has 5 nitrogen and oxygen atoms in total. The number of hydrogen-bond donors (Lipinski definition) is 0. The monoisotopic (exact) mass is 383 g/mol. The van der Waals surface area contributed by atoms with Gasteiger partial charge in [0.25, 0.3) is 0 Å². The summed E-state index contributed by atoms with van der Waals surface area (Å²) in [5.74, 6) is 0.533. The first-order chi connectivity index (χ1) is 13.1. The maximum absolute atomic E-state index is 12.4. The molecule has 2 aliphatic heterocycles. The summed E-state index contributed by atoms with van der Waals surface area (Å²) in [6, 6.07) is 14.4. The number of hydrogen-bond acceptors (Lipinski definition) is 5. The molecule has 0 aliphatic carbocycles. The third-order valence-electron chi connectivity index (χ3n) is 5.49. The standard InChI is InChI=1S/C21H25N3O2S/c25-27(26)16-20-21(17-27)24(15-19-8-10-22-11-9-19)14-13-23(20)12-4-7-18-5-2-1-3-6-18/h1-11,20-21H,12-17H2/b7-4+/t20-,21+/m0/s1. The highest BCUT2D eigenvalue weighted by atomic mass is 32.2. The van der Waals surface area contributed by atoms with Crippen molar-refractivity contribution in [3.05, 3.63) is 72.1 Å². The van der Waals surface area contributed by atoms with Crippen molar-refractivity contribution >= 4 is 15.9 Å². The summed E-state index contributed by atoms with van der Waals surface area (Å²) in [4.78, 5) is 8.73. The Labute approximate surface area is 161 Å². The molecule has 0 unspecified atom stereocenters. The number of aromatic nitrogens is 1. The summed E-state index contributed by atoms with van der Waals surface area (Å²) < 4.78 is 24.7. The zero-order valence-electron chi connectivity index (χ0n) is 15.3. The van der Waals surface area contributed by atoms with E-state index in [9.17, 15) is 8.42 Å². The Kier molecular flexibility index (Phi) is 5.38. The molecular weight excluding hydrogens is 358 g/mol. The molecule has 0 radical (unpaired) electrons. The van der Waals surface area contributed by atoms with Gasteiger partial charge in [-0.05, 0) is 23.3 Å². The molecule has 0 spiro atoms. The number of fused-ring (bicyclic) bond motifs is 1. The van der Waals surface area contributed by atoms with E-state index in [-0.39, 0.29) is 23.6 Å². The lowest BCUT2D eigenvalue weighted by Gasteiger charge is -2.43. The molecule has 27 heavy (non-hydrogen) atoms. The second kappa shape index (κ2) is 7.92. The Hall–Kier alpha value is -2.02. The van der Waals surface area contributed by atoms with Gasteiger partial charge in [-0.15, -0.1) is 0 Å². The van der Waals surface area contributed by atoms with Crippen molar-refractivity contribution in [2.45, 2.75) is 18.6 Å². The smallest absolute Gasteiger partial charge is 0.153 e. The molecule has 0 bridgehead atoms. The van der Waals surface area contributed by atoms with Crippen LogP contribution in [0, 0.1) is 0 Å². The lowest BCUT2D eigenvalue weighted by Crippen LogP contribution is -2.58. The Balaban J connectivity index is 1.46. The van der Waals surface area contributed by atoms with E-state index in [4.69, 9.17) is 0 Å². The molecule has 0 amide bonds. The maximum atomic E-state index is 12.4. The third-order valence-corrected chi connectivity index (χ3v) is 7.19. The Morgan fingerprint density at radius 3 is 2.37 bits per heavy atom. The van der Waals surface area contributed by atoms with Crippen LogP contribution < -0.4 is 0 Å². The molecule has 2 atom stereocenters. The minimum Gasteiger partial charge on any atom is -0.293 e. The zero-order chi connectivity index (χ0) is 18.7. The quantitative estimate of drug-likeness (QED) is 0.791. The number of nitrogens with zero attached hydrogens (tertiary/aromatic N) is 3. The summed E-state index contributed by atoms with van der Waals surface area (Å²) in [6.45, 7) is 3.35. The average Bonchev–Trinajstić information content (AvgIpc) is 3.01. The van der Waals surface area contributed by atoms with Crippen molar-refractivity contribution in [1.29, 1.82) is 0 Å². The number of rotatable bonds is 5. The molecule has 6 heteroatoms. The molecule has 3 heterocycles. The van der Waals surface area contributed by atoms with Crippen LogP contribution in [-0.4, -0.2) is 66.4 Å². The van der Waals surface area contributed by atoms with Gasteiger partial charge >= 0.3 is 0 Å². The van der Waals surface area contributed by atoms with Crippen LogP contribution in [0.5, 0.6) is 0 Å². The third kappa shape index (κ3) is 4.46. The van der Waals surface area contributed by atoms with E-state index in [1.54, 1.807) is 12.4 Å². The van der Waals surface area contributed by atoms with Gasteiger partial charge in [-0.25, -0.2) is 8.42 Å². The fourth-order valence-corrected chi connectivity index (χ4v) is 6.17. The van der Waals surface area contributed by atoms with Crippen molar-refractivity contribution in [2.75, 3.05) is 31.1 Å². The van der Waals surface area contributed by atoms with E-state index in [1.165, 1.54) is 11.1 Å². The van der Waals surface area contributed by atoms with Crippen molar-refractivity contribution < 1.29 is 8.42 Å². The second-order valence-electron chi connectivity index (χ2n) is 7.35. The van der Waals surface area contributed by atoms with Crippen molar-refractivity contribution in [3.63, 3.8) is 0 Å². The number of sulfone groups is 1. The number of benzene rings is 1. The normalized spacial score (nSPS) is 25.6. The van der Waals surface area contributed by atoms with E-state index in [0.717, 1.165) is 26.2 Å². The topological polar surface area (TPSA) is 53.5 Å². The molecule has 4 rings (SSSR count). The molecule has 1 aromatic heterocycles. The molecule has 0 N–H and O–H groups in total. The van der Waals surface area contributed by atoms with Crippen molar-refractivity contribution in [1.82, 2.24) is 14.8 Å². The van der Waals surface area contributed by atoms with Crippen LogP contribution in [0.25, 0.3) is 6.08 Å². The van der Waals surface area contributed by atoms with E-state index < -0.39 is 9.84 Å². The largest absolute Gasteiger partial charge is 0.293 e. The maximum Gasteiger partial charge on any atom is 0.153 e. The van der Waals surface area contributed by atoms with E-state index in [1.807, 2.05) is 30.3 Å². The zero-order valence-corrected chi connectivity index (χ0v) is 16.1. The van der Waals surface area contributed by atoms with Crippen LogP contribution in [-0.2, 0) is 16.4 Å². The summed E-state index contributed by atoms with van der Waals surface area (Å²) in [5.41, 5.74) is 2.36. The van der Waals surface area contributed by atoms with Crippen molar-refractivity contribution in [2.24, 2.45) is 0 Å². The Morgan fingerprint density at radius 2 is 1.63 bits per heavy atom. The minimum absolute atomic E-state index is 0.0713. The summed E-state index contributed by atoms with van der Waals surface area (Å²) in [7, 11) is -2.98. The molecule has 2 fully saturated rings. The van der Waals surface area contributed by atoms with Gasteiger partial charge < -0.3 is 0 Å². The summed E-state index contributed by atoms with van der Waals surface area (Å²) in [5, 5.41) is 0. The summed E-state index contributed by atoms with van der Waals surface area (Å²) in [6.07, 6.45) is 7.85. The molecule has 2 saturated heterocycles. The minimum atomic E-state index is -2.98. The lowest BCUT2D eigenvalue weighted by molar-refractivity contribution is 0.0480. The van der Waals surface area contributed by atoms with E-state index in [2.05, 4.69) is 39.1 Å². The molecule has 2 aromatic rings. The first kappa shape index (κ1) is 18.3. The lowest BCUT2D eigenvalue weighted by atomic mass is 10.0. The number of pyridine rings is 1. The average molecular weight is 384 g/mol. The molecule has 0 saturated carbocycles. The highest BCUT2D eigenvalue weighted by Crippen LogP contribution is 2.28. The predicted octanol–water partition coefficient (Wildman–Crippen LogP) is 2.08. The van der Waals surface area contributed by atoms with Crippen LogP contribution >= 0.6 is 0 Å². The van der Waals surface area contributed by atoms with Gasteiger partial charge in [0.05, 0.1) is 11.5 Å². The second-order valence-corrected chi connectivity index (χ2v) is 9.50. The van der Waals surface area contributed by atoms with Gasteiger partial charge in [0.15, 0.2) is 9.84 Å². The highest BCUT2D eigenvalue weighted by molar-refractivity contribution is 7.91. The fraction of sp³-hybridized carbons (Fsp3) is 0.381. The van der Waals surface area contributed by atoms with Crippen LogP contribution in [0.3, 0.4) is 0 Å². The first-order valence-electron chi connectivity index (χ1n) is 9.40. The number of piperazine rings is 1. The molecule has 142 valence electrons. The van der Waals surface area contributed by atoms with Gasteiger partial charge in [-0.2, -0.15) is 0 Å². The fourth-order valence-electron chi connectivity index (χ4n) is 4.13. The molecule has 1 aromatic carbocycles. The Bertz CT molecular complexity index is 884. The van der Waals surface area contributed by atoms with Crippen molar-refractivity contribution in [3.8, 4) is 0 Å². The van der Waals surface area contributed by atoms with Gasteiger partial charge in [0, 0.05) is 50.7 Å². The summed E-state index contributed by atoms with van der Waals surface area (Å²) >= 11 is 0. The van der Waals surface area contributed by atoms with E-state index in [0.29, 0.717) is 0 Å². The SMILES string of the molecule is O=S1(=O)C[C@@H]2[C@H](C1)N(C/C=C/c1ccccc1)CCN2Cc1ccncc1. The van der Waals surface area contributed by atoms with Gasteiger partial charge in [-0.1, -0.05) is 42.5 Å².